The van der Waals surface area contributed by atoms with E-state index in [4.69, 9.17) is 15.0 Å². The molecule has 0 aromatic heterocycles. The molecule has 0 radical (unpaired) electrons. The Morgan fingerprint density at radius 3 is 1.83 bits per heavy atom. The number of benzene rings is 1. The van der Waals surface area contributed by atoms with Gasteiger partial charge >= 0.3 is 7.12 Å². The van der Waals surface area contributed by atoms with E-state index < -0.39 is 0 Å². The predicted molar refractivity (Wildman–Crippen MR) is 74.8 cm³/mol. The summed E-state index contributed by atoms with van der Waals surface area (Å²) in [6.07, 6.45) is 0. The van der Waals surface area contributed by atoms with Gasteiger partial charge in [-0.1, -0.05) is 24.3 Å². The zero-order valence-electron chi connectivity index (χ0n) is 11.9. The van der Waals surface area contributed by atoms with E-state index in [2.05, 4.69) is 27.7 Å². The molecule has 0 aliphatic carbocycles. The van der Waals surface area contributed by atoms with Crippen molar-refractivity contribution in [3.63, 3.8) is 0 Å². The van der Waals surface area contributed by atoms with E-state index in [9.17, 15) is 0 Å². The van der Waals surface area contributed by atoms with Gasteiger partial charge < -0.3 is 15.0 Å². The number of nitrogens with two attached hydrogens (primary N) is 1. The lowest BCUT2D eigenvalue weighted by Gasteiger charge is -2.32. The lowest BCUT2D eigenvalue weighted by Crippen LogP contribution is -2.41. The highest BCUT2D eigenvalue weighted by atomic mass is 16.7. The van der Waals surface area contributed by atoms with Crippen LogP contribution in [-0.4, -0.2) is 18.3 Å². The van der Waals surface area contributed by atoms with Crippen molar-refractivity contribution < 1.29 is 9.31 Å². The van der Waals surface area contributed by atoms with E-state index in [1.807, 2.05) is 31.2 Å². The second-order valence-corrected chi connectivity index (χ2v) is 6.04. The fourth-order valence-corrected chi connectivity index (χ4v) is 1.94. The summed E-state index contributed by atoms with van der Waals surface area (Å²) in [4.78, 5) is 0. The summed E-state index contributed by atoms with van der Waals surface area (Å²) >= 11 is 0. The maximum absolute atomic E-state index is 6.00. The van der Waals surface area contributed by atoms with Crippen LogP contribution in [-0.2, 0) is 9.31 Å². The average Bonchev–Trinajstić information content (AvgIpc) is 2.48. The van der Waals surface area contributed by atoms with Crippen LogP contribution < -0.4 is 11.2 Å². The molecule has 1 fully saturated rings. The maximum atomic E-state index is 6.00. The van der Waals surface area contributed by atoms with Crippen LogP contribution in [0.5, 0.6) is 0 Å². The molecule has 2 N–H and O–H groups in total. The summed E-state index contributed by atoms with van der Waals surface area (Å²) in [6, 6.07) is 8.18. The second kappa shape index (κ2) is 4.37. The van der Waals surface area contributed by atoms with Crippen molar-refractivity contribution in [2.45, 2.75) is 51.9 Å². The molecule has 0 unspecified atom stereocenters. The topological polar surface area (TPSA) is 44.5 Å². The molecule has 0 bridgehead atoms. The SMILES string of the molecule is C[C@H](N)c1ccc(B2OC(C)(C)C(C)(C)O2)cc1. The fraction of sp³-hybridized carbons (Fsp3) is 0.571. The third-order valence-electron chi connectivity index (χ3n) is 3.99. The molecule has 2 rings (SSSR count). The van der Waals surface area contributed by atoms with Crippen molar-refractivity contribution >= 4 is 12.6 Å². The Balaban J connectivity index is 2.19. The molecule has 4 heteroatoms. The Morgan fingerprint density at radius 1 is 1.00 bits per heavy atom. The molecule has 1 aliphatic rings. The van der Waals surface area contributed by atoms with Crippen molar-refractivity contribution in [2.75, 3.05) is 0 Å². The first-order valence-corrected chi connectivity index (χ1v) is 6.44. The van der Waals surface area contributed by atoms with Crippen LogP contribution in [0.2, 0.25) is 0 Å². The number of hydrogen-bond acceptors (Lipinski definition) is 3. The molecule has 0 spiro atoms. The highest BCUT2D eigenvalue weighted by molar-refractivity contribution is 6.62. The van der Waals surface area contributed by atoms with Gasteiger partial charge in [-0.2, -0.15) is 0 Å². The van der Waals surface area contributed by atoms with E-state index in [1.54, 1.807) is 0 Å². The van der Waals surface area contributed by atoms with Crippen molar-refractivity contribution in [3.8, 4) is 0 Å². The van der Waals surface area contributed by atoms with Crippen molar-refractivity contribution in [3.05, 3.63) is 29.8 Å². The highest BCUT2D eigenvalue weighted by Gasteiger charge is 2.51. The molecule has 3 nitrogen and oxygen atoms in total. The quantitative estimate of drug-likeness (QED) is 0.813. The summed E-state index contributed by atoms with van der Waals surface area (Å²) in [6.45, 7) is 10.2. The molecular formula is C14H22BNO2. The number of rotatable bonds is 2. The smallest absolute Gasteiger partial charge is 0.399 e. The first-order valence-electron chi connectivity index (χ1n) is 6.44. The molecule has 1 aliphatic heterocycles. The van der Waals surface area contributed by atoms with Gasteiger partial charge in [0.1, 0.15) is 0 Å². The largest absolute Gasteiger partial charge is 0.494 e. The molecular weight excluding hydrogens is 225 g/mol. The van der Waals surface area contributed by atoms with Crippen molar-refractivity contribution in [1.82, 2.24) is 0 Å². The predicted octanol–water partition coefficient (Wildman–Crippen LogP) is 2.01. The zero-order chi connectivity index (χ0) is 13.6. The second-order valence-electron chi connectivity index (χ2n) is 6.04. The van der Waals surface area contributed by atoms with Gasteiger partial charge in [0.25, 0.3) is 0 Å². The monoisotopic (exact) mass is 247 g/mol. The molecule has 1 saturated heterocycles. The third-order valence-corrected chi connectivity index (χ3v) is 3.99. The average molecular weight is 247 g/mol. The van der Waals surface area contributed by atoms with E-state index in [-0.39, 0.29) is 24.4 Å². The van der Waals surface area contributed by atoms with Crippen LogP contribution in [0.25, 0.3) is 0 Å². The summed E-state index contributed by atoms with van der Waals surface area (Å²) in [5.74, 6) is 0. The summed E-state index contributed by atoms with van der Waals surface area (Å²) < 4.78 is 12.0. The van der Waals surface area contributed by atoms with Crippen LogP contribution in [0.4, 0.5) is 0 Å². The van der Waals surface area contributed by atoms with Crippen molar-refractivity contribution in [1.29, 1.82) is 0 Å². The van der Waals surface area contributed by atoms with Gasteiger partial charge in [-0.05, 0) is 45.6 Å². The lowest BCUT2D eigenvalue weighted by atomic mass is 9.78. The third kappa shape index (κ3) is 2.33. The van der Waals surface area contributed by atoms with Gasteiger partial charge in [0.05, 0.1) is 11.2 Å². The Labute approximate surface area is 110 Å². The Bertz CT molecular complexity index is 410. The van der Waals surface area contributed by atoms with Crippen LogP contribution in [0.1, 0.15) is 46.2 Å². The van der Waals surface area contributed by atoms with Gasteiger partial charge in [-0.15, -0.1) is 0 Å². The molecule has 0 amide bonds. The van der Waals surface area contributed by atoms with Gasteiger partial charge in [-0.3, -0.25) is 0 Å². The first kappa shape index (κ1) is 13.6. The first-order chi connectivity index (χ1) is 8.23. The summed E-state index contributed by atoms with van der Waals surface area (Å²) in [5, 5.41) is 0. The van der Waals surface area contributed by atoms with E-state index in [0.717, 1.165) is 11.0 Å². The van der Waals surface area contributed by atoms with E-state index in [1.165, 1.54) is 0 Å². The van der Waals surface area contributed by atoms with E-state index in [0.29, 0.717) is 0 Å². The minimum Gasteiger partial charge on any atom is -0.399 e. The zero-order valence-corrected chi connectivity index (χ0v) is 11.9. The summed E-state index contributed by atoms with van der Waals surface area (Å²) in [7, 11) is -0.294. The van der Waals surface area contributed by atoms with Crippen LogP contribution in [0.3, 0.4) is 0 Å². The summed E-state index contributed by atoms with van der Waals surface area (Å²) in [5.41, 5.74) is 7.41. The fourth-order valence-electron chi connectivity index (χ4n) is 1.94. The molecule has 0 saturated carbocycles. The van der Waals surface area contributed by atoms with Gasteiger partial charge in [0, 0.05) is 6.04 Å². The Kier molecular flexibility index (Phi) is 3.30. The molecule has 1 atom stereocenters. The molecule has 1 heterocycles. The van der Waals surface area contributed by atoms with Crippen LogP contribution >= 0.6 is 0 Å². The standard InChI is InChI=1S/C14H22BNO2/c1-10(16)11-6-8-12(9-7-11)15-17-13(2,3)14(4,5)18-15/h6-10H,16H2,1-5H3/t10-/m0/s1. The van der Waals surface area contributed by atoms with E-state index >= 15 is 0 Å². The Hall–Kier alpha value is -0.835. The minimum absolute atomic E-state index is 0.0531. The van der Waals surface area contributed by atoms with Crippen LogP contribution in [0, 0.1) is 0 Å². The molecule has 1 aromatic carbocycles. The lowest BCUT2D eigenvalue weighted by molar-refractivity contribution is 0.00578. The number of hydrogen-bond donors (Lipinski definition) is 1. The van der Waals surface area contributed by atoms with Gasteiger partial charge in [0.15, 0.2) is 0 Å². The molecule has 1 aromatic rings. The molecule has 18 heavy (non-hydrogen) atoms. The van der Waals surface area contributed by atoms with Crippen molar-refractivity contribution in [2.24, 2.45) is 5.73 Å². The Morgan fingerprint density at radius 2 is 1.44 bits per heavy atom. The highest BCUT2D eigenvalue weighted by Crippen LogP contribution is 2.36. The van der Waals surface area contributed by atoms with Gasteiger partial charge in [0.2, 0.25) is 0 Å². The molecule has 98 valence electrons. The maximum Gasteiger partial charge on any atom is 0.494 e. The van der Waals surface area contributed by atoms with Crippen LogP contribution in [0.15, 0.2) is 24.3 Å². The normalized spacial score (nSPS) is 23.1. The minimum atomic E-state index is -0.294. The van der Waals surface area contributed by atoms with Gasteiger partial charge in [-0.25, -0.2) is 0 Å².